The Labute approximate surface area is 138 Å². The van der Waals surface area contributed by atoms with Crippen LogP contribution in [0, 0.1) is 0 Å². The Morgan fingerprint density at radius 3 is 2.17 bits per heavy atom. The van der Waals surface area contributed by atoms with Gasteiger partial charge in [-0.25, -0.2) is 0 Å². The zero-order valence-corrected chi connectivity index (χ0v) is 14.2. The molecule has 0 aromatic heterocycles. The number of hydrogen-bond donors (Lipinski definition) is 0. The fraction of sp³-hybridized carbons (Fsp3) is 0.350. The Hall–Kier alpha value is -2.29. The normalized spacial score (nSPS) is 10.6. The molecule has 122 valence electrons. The molecule has 0 fully saturated rings. The van der Waals surface area contributed by atoms with E-state index in [1.807, 2.05) is 66.5 Å². The Bertz CT molecular complexity index is 603. The van der Waals surface area contributed by atoms with Crippen LogP contribution in [0.3, 0.4) is 0 Å². The number of para-hydroxylation sites is 1. The third kappa shape index (κ3) is 4.59. The number of amides is 1. The van der Waals surface area contributed by atoms with E-state index in [2.05, 4.69) is 13.8 Å². The standard InChI is InChI=1S/C20H25NO2/c1-4-18(5-2)21(3)20(22)17-13-11-16(12-14-17)15-23-19-9-7-6-8-10-19/h6-14,18H,4-5,15H2,1-3H3. The maximum absolute atomic E-state index is 12.5. The van der Waals surface area contributed by atoms with Crippen molar-refractivity contribution >= 4 is 5.91 Å². The molecule has 3 nitrogen and oxygen atoms in total. The molecule has 0 unspecified atom stereocenters. The van der Waals surface area contributed by atoms with Crippen LogP contribution in [0.25, 0.3) is 0 Å². The lowest BCUT2D eigenvalue weighted by Gasteiger charge is -2.26. The molecule has 0 N–H and O–H groups in total. The molecule has 1 amide bonds. The van der Waals surface area contributed by atoms with Crippen molar-refractivity contribution < 1.29 is 9.53 Å². The van der Waals surface area contributed by atoms with Crippen LogP contribution >= 0.6 is 0 Å². The predicted molar refractivity (Wildman–Crippen MR) is 93.7 cm³/mol. The van der Waals surface area contributed by atoms with Crippen LogP contribution < -0.4 is 4.74 Å². The molecule has 2 aromatic carbocycles. The largest absolute Gasteiger partial charge is 0.489 e. The predicted octanol–water partition coefficient (Wildman–Crippen LogP) is 4.53. The summed E-state index contributed by atoms with van der Waals surface area (Å²) in [6, 6.07) is 17.7. The van der Waals surface area contributed by atoms with Crippen molar-refractivity contribution in [1.82, 2.24) is 4.90 Å². The zero-order chi connectivity index (χ0) is 16.7. The van der Waals surface area contributed by atoms with Gasteiger partial charge in [0.05, 0.1) is 0 Å². The summed E-state index contributed by atoms with van der Waals surface area (Å²) in [7, 11) is 1.88. The molecule has 23 heavy (non-hydrogen) atoms. The van der Waals surface area contributed by atoms with Crippen LogP contribution in [0.4, 0.5) is 0 Å². The second kappa shape index (κ2) is 8.37. The van der Waals surface area contributed by atoms with Gasteiger partial charge in [0, 0.05) is 18.7 Å². The average molecular weight is 311 g/mol. The summed E-state index contributed by atoms with van der Waals surface area (Å²) < 4.78 is 5.72. The van der Waals surface area contributed by atoms with Crippen molar-refractivity contribution in [1.29, 1.82) is 0 Å². The summed E-state index contributed by atoms with van der Waals surface area (Å²) in [6.45, 7) is 4.73. The van der Waals surface area contributed by atoms with E-state index in [9.17, 15) is 4.79 Å². The van der Waals surface area contributed by atoms with Crippen molar-refractivity contribution in [2.24, 2.45) is 0 Å². The first-order chi connectivity index (χ1) is 11.2. The highest BCUT2D eigenvalue weighted by Gasteiger charge is 2.18. The minimum absolute atomic E-state index is 0.0780. The van der Waals surface area contributed by atoms with Gasteiger partial charge in [-0.2, -0.15) is 0 Å². The van der Waals surface area contributed by atoms with Gasteiger partial charge < -0.3 is 9.64 Å². The Kier molecular flexibility index (Phi) is 6.21. The van der Waals surface area contributed by atoms with Gasteiger partial charge in [-0.3, -0.25) is 4.79 Å². The molecule has 0 spiro atoms. The molecule has 0 bridgehead atoms. The lowest BCUT2D eigenvalue weighted by Crippen LogP contribution is -2.36. The second-order valence-electron chi connectivity index (χ2n) is 5.69. The van der Waals surface area contributed by atoms with E-state index in [4.69, 9.17) is 4.74 Å². The lowest BCUT2D eigenvalue weighted by molar-refractivity contribution is 0.0723. The van der Waals surface area contributed by atoms with Crippen molar-refractivity contribution in [3.63, 3.8) is 0 Å². The molecular formula is C20H25NO2. The third-order valence-corrected chi connectivity index (χ3v) is 4.16. The number of carbonyl (C=O) groups is 1. The number of benzene rings is 2. The molecule has 2 aromatic rings. The monoisotopic (exact) mass is 311 g/mol. The van der Waals surface area contributed by atoms with Crippen LogP contribution in [-0.2, 0) is 6.61 Å². The van der Waals surface area contributed by atoms with Crippen LogP contribution in [0.2, 0.25) is 0 Å². The summed E-state index contributed by atoms with van der Waals surface area (Å²) >= 11 is 0. The second-order valence-corrected chi connectivity index (χ2v) is 5.69. The van der Waals surface area contributed by atoms with Crippen LogP contribution in [-0.4, -0.2) is 23.9 Å². The number of carbonyl (C=O) groups excluding carboxylic acids is 1. The summed E-state index contributed by atoms with van der Waals surface area (Å²) in [5.41, 5.74) is 1.78. The number of rotatable bonds is 7. The Morgan fingerprint density at radius 1 is 1.00 bits per heavy atom. The maximum Gasteiger partial charge on any atom is 0.253 e. The lowest BCUT2D eigenvalue weighted by atomic mass is 10.1. The SMILES string of the molecule is CCC(CC)N(C)C(=O)c1ccc(COc2ccccc2)cc1. The maximum atomic E-state index is 12.5. The van der Waals surface area contributed by atoms with Crippen LogP contribution in [0.5, 0.6) is 5.75 Å². The van der Waals surface area contributed by atoms with Crippen molar-refractivity contribution in [3.8, 4) is 5.75 Å². The molecule has 0 saturated heterocycles. The highest BCUT2D eigenvalue weighted by Crippen LogP contribution is 2.15. The Balaban J connectivity index is 1.97. The fourth-order valence-corrected chi connectivity index (χ4v) is 2.63. The molecule has 0 aliphatic carbocycles. The van der Waals surface area contributed by atoms with Gasteiger partial charge in [0.15, 0.2) is 0 Å². The molecular weight excluding hydrogens is 286 g/mol. The van der Waals surface area contributed by atoms with Crippen LogP contribution in [0.15, 0.2) is 54.6 Å². The first-order valence-electron chi connectivity index (χ1n) is 8.19. The van der Waals surface area contributed by atoms with Gasteiger partial charge in [0.2, 0.25) is 0 Å². The number of nitrogens with zero attached hydrogens (tertiary/aromatic N) is 1. The first-order valence-corrected chi connectivity index (χ1v) is 8.19. The summed E-state index contributed by atoms with van der Waals surface area (Å²) in [6.07, 6.45) is 1.95. The zero-order valence-electron chi connectivity index (χ0n) is 14.2. The van der Waals surface area contributed by atoms with E-state index in [0.717, 1.165) is 29.7 Å². The van der Waals surface area contributed by atoms with E-state index in [0.29, 0.717) is 12.6 Å². The van der Waals surface area contributed by atoms with Gasteiger partial charge in [-0.1, -0.05) is 44.2 Å². The average Bonchev–Trinajstić information content (AvgIpc) is 2.61. The van der Waals surface area contributed by atoms with Gasteiger partial charge in [-0.15, -0.1) is 0 Å². The van der Waals surface area contributed by atoms with Crippen LogP contribution in [0.1, 0.15) is 42.6 Å². The molecule has 0 saturated carbocycles. The topological polar surface area (TPSA) is 29.5 Å². The molecule has 0 heterocycles. The minimum Gasteiger partial charge on any atom is -0.489 e. The van der Waals surface area contributed by atoms with E-state index >= 15 is 0 Å². The molecule has 3 heteroatoms. The molecule has 0 radical (unpaired) electrons. The first kappa shape index (κ1) is 17.1. The van der Waals surface area contributed by atoms with E-state index in [1.54, 1.807) is 0 Å². The van der Waals surface area contributed by atoms with Gasteiger partial charge in [-0.05, 0) is 42.7 Å². The quantitative estimate of drug-likeness (QED) is 0.752. The summed E-state index contributed by atoms with van der Waals surface area (Å²) in [5, 5.41) is 0. The van der Waals surface area contributed by atoms with Crippen molar-refractivity contribution in [2.45, 2.75) is 39.3 Å². The van der Waals surface area contributed by atoms with Gasteiger partial charge in [0.1, 0.15) is 12.4 Å². The fourth-order valence-electron chi connectivity index (χ4n) is 2.63. The Morgan fingerprint density at radius 2 is 1.61 bits per heavy atom. The summed E-state index contributed by atoms with van der Waals surface area (Å²) in [4.78, 5) is 14.3. The smallest absolute Gasteiger partial charge is 0.253 e. The van der Waals surface area contributed by atoms with E-state index in [1.165, 1.54) is 0 Å². The molecule has 0 aliphatic heterocycles. The summed E-state index contributed by atoms with van der Waals surface area (Å²) in [5.74, 6) is 0.926. The van der Waals surface area contributed by atoms with Crippen molar-refractivity contribution in [2.75, 3.05) is 7.05 Å². The highest BCUT2D eigenvalue weighted by atomic mass is 16.5. The molecule has 0 aliphatic rings. The van der Waals surface area contributed by atoms with Gasteiger partial charge >= 0.3 is 0 Å². The molecule has 2 rings (SSSR count). The highest BCUT2D eigenvalue weighted by molar-refractivity contribution is 5.94. The van der Waals surface area contributed by atoms with E-state index in [-0.39, 0.29) is 5.91 Å². The van der Waals surface area contributed by atoms with E-state index < -0.39 is 0 Å². The number of ether oxygens (including phenoxy) is 1. The van der Waals surface area contributed by atoms with Gasteiger partial charge in [0.25, 0.3) is 5.91 Å². The third-order valence-electron chi connectivity index (χ3n) is 4.16. The number of hydrogen-bond acceptors (Lipinski definition) is 2. The van der Waals surface area contributed by atoms with Crippen molar-refractivity contribution in [3.05, 3.63) is 65.7 Å². The minimum atomic E-state index is 0.0780. The molecule has 0 atom stereocenters.